The van der Waals surface area contributed by atoms with Crippen LogP contribution in [0.4, 0.5) is 0 Å². The van der Waals surface area contributed by atoms with Crippen molar-refractivity contribution < 1.29 is 14.3 Å². The zero-order valence-electron chi connectivity index (χ0n) is 14.9. The summed E-state index contributed by atoms with van der Waals surface area (Å²) >= 11 is 0. The number of hydrogen-bond acceptors (Lipinski definition) is 3. The van der Waals surface area contributed by atoms with Gasteiger partial charge in [0.1, 0.15) is 11.5 Å². The number of hydrogen-bond donors (Lipinski definition) is 0. The van der Waals surface area contributed by atoms with Gasteiger partial charge >= 0.3 is 5.97 Å². The molecule has 3 heteroatoms. The van der Waals surface area contributed by atoms with E-state index in [0.29, 0.717) is 23.7 Å². The van der Waals surface area contributed by atoms with Gasteiger partial charge in [-0.3, -0.25) is 0 Å². The lowest BCUT2D eigenvalue weighted by atomic mass is 10.0. The van der Waals surface area contributed by atoms with E-state index in [9.17, 15) is 4.79 Å². The maximum absolute atomic E-state index is 12.6. The van der Waals surface area contributed by atoms with Crippen molar-refractivity contribution in [3.63, 3.8) is 0 Å². The Morgan fingerprint density at radius 1 is 0.885 bits per heavy atom. The Kier molecular flexibility index (Phi) is 6.05. The minimum Gasteiger partial charge on any atom is -0.494 e. The molecule has 0 aliphatic heterocycles. The van der Waals surface area contributed by atoms with Crippen molar-refractivity contribution in [1.82, 2.24) is 0 Å². The Balaban J connectivity index is 1.78. The molecule has 0 saturated heterocycles. The fourth-order valence-corrected chi connectivity index (χ4v) is 2.62. The number of unbranched alkanes of at least 4 members (excludes halogenated alkanes) is 1. The van der Waals surface area contributed by atoms with Gasteiger partial charge < -0.3 is 9.47 Å². The second-order valence-electron chi connectivity index (χ2n) is 5.98. The maximum Gasteiger partial charge on any atom is 0.343 e. The number of carbonyl (C=O) groups is 1. The highest BCUT2D eigenvalue weighted by Gasteiger charge is 2.13. The van der Waals surface area contributed by atoms with Crippen LogP contribution in [-0.2, 0) is 0 Å². The molecule has 0 spiro atoms. The third-order valence-electron chi connectivity index (χ3n) is 4.01. The normalized spacial score (nSPS) is 10.3. The van der Waals surface area contributed by atoms with Gasteiger partial charge in [0.05, 0.1) is 12.2 Å². The van der Waals surface area contributed by atoms with Gasteiger partial charge in [-0.05, 0) is 36.2 Å². The largest absolute Gasteiger partial charge is 0.494 e. The number of rotatable bonds is 7. The van der Waals surface area contributed by atoms with E-state index in [0.717, 1.165) is 24.0 Å². The van der Waals surface area contributed by atoms with Crippen LogP contribution in [0.3, 0.4) is 0 Å². The molecular formula is C23H22O3. The Bertz CT molecular complexity index is 856. The smallest absolute Gasteiger partial charge is 0.343 e. The van der Waals surface area contributed by atoms with E-state index >= 15 is 0 Å². The van der Waals surface area contributed by atoms with Crippen LogP contribution in [0.15, 0.2) is 78.9 Å². The Morgan fingerprint density at radius 3 is 2.46 bits per heavy atom. The van der Waals surface area contributed by atoms with Crippen LogP contribution in [0.1, 0.15) is 30.1 Å². The first-order chi connectivity index (χ1) is 12.8. The summed E-state index contributed by atoms with van der Waals surface area (Å²) in [6.45, 7) is 2.76. The zero-order chi connectivity index (χ0) is 18.2. The maximum atomic E-state index is 12.6. The minimum atomic E-state index is -0.394. The fourth-order valence-electron chi connectivity index (χ4n) is 2.62. The van der Waals surface area contributed by atoms with E-state index in [4.69, 9.17) is 9.47 Å². The average Bonchev–Trinajstić information content (AvgIpc) is 2.69. The van der Waals surface area contributed by atoms with Crippen LogP contribution < -0.4 is 9.47 Å². The zero-order valence-corrected chi connectivity index (χ0v) is 14.9. The van der Waals surface area contributed by atoms with E-state index in [1.54, 1.807) is 18.2 Å². The van der Waals surface area contributed by atoms with Crippen molar-refractivity contribution in [2.24, 2.45) is 0 Å². The molecule has 3 aromatic carbocycles. The molecule has 132 valence electrons. The number of esters is 1. The van der Waals surface area contributed by atoms with Crippen molar-refractivity contribution in [2.75, 3.05) is 6.61 Å². The first kappa shape index (κ1) is 17.7. The molecule has 0 aliphatic carbocycles. The first-order valence-electron chi connectivity index (χ1n) is 8.87. The molecule has 0 fully saturated rings. The van der Waals surface area contributed by atoms with Crippen LogP contribution in [0.2, 0.25) is 0 Å². The molecule has 0 aromatic heterocycles. The summed E-state index contributed by atoms with van der Waals surface area (Å²) in [5.41, 5.74) is 2.37. The van der Waals surface area contributed by atoms with Gasteiger partial charge in [-0.1, -0.05) is 67.9 Å². The Labute approximate surface area is 154 Å². The van der Waals surface area contributed by atoms with Crippen molar-refractivity contribution in [2.45, 2.75) is 19.8 Å². The summed E-state index contributed by atoms with van der Waals surface area (Å²) in [6, 6.07) is 24.5. The van der Waals surface area contributed by atoms with Gasteiger partial charge in [-0.25, -0.2) is 4.79 Å². The summed E-state index contributed by atoms with van der Waals surface area (Å²) in [5.74, 6) is 0.833. The highest BCUT2D eigenvalue weighted by atomic mass is 16.5. The van der Waals surface area contributed by atoms with Crippen LogP contribution in [0, 0.1) is 0 Å². The predicted octanol–water partition coefficient (Wildman–Crippen LogP) is 5.75. The lowest BCUT2D eigenvalue weighted by molar-refractivity contribution is 0.0735. The quantitative estimate of drug-likeness (QED) is 0.310. The third-order valence-corrected chi connectivity index (χ3v) is 4.01. The van der Waals surface area contributed by atoms with E-state index < -0.39 is 5.97 Å². The Hall–Kier alpha value is -3.07. The van der Waals surface area contributed by atoms with E-state index in [1.807, 2.05) is 60.7 Å². The number of ether oxygens (including phenoxy) is 2. The van der Waals surface area contributed by atoms with Crippen molar-refractivity contribution in [3.8, 4) is 22.6 Å². The molecule has 0 amide bonds. The molecule has 0 heterocycles. The van der Waals surface area contributed by atoms with Gasteiger partial charge in [-0.15, -0.1) is 0 Å². The summed E-state index contributed by atoms with van der Waals surface area (Å²) in [7, 11) is 0. The highest BCUT2D eigenvalue weighted by molar-refractivity contribution is 5.92. The molecule has 0 saturated carbocycles. The monoisotopic (exact) mass is 346 g/mol. The van der Waals surface area contributed by atoms with Crippen LogP contribution in [0.25, 0.3) is 11.1 Å². The van der Waals surface area contributed by atoms with E-state index in [1.165, 1.54) is 0 Å². The van der Waals surface area contributed by atoms with Crippen molar-refractivity contribution in [3.05, 3.63) is 84.4 Å². The summed E-state index contributed by atoms with van der Waals surface area (Å²) in [6.07, 6.45) is 2.05. The molecule has 0 N–H and O–H groups in total. The molecule has 0 aliphatic rings. The lowest BCUT2D eigenvalue weighted by Gasteiger charge is -2.11. The molecule has 3 aromatic rings. The molecule has 0 radical (unpaired) electrons. The third kappa shape index (κ3) is 4.51. The standard InChI is InChI=1S/C23H22O3/c1-2-3-16-25-20-13-9-12-19(17-20)23(24)26-22-15-8-7-14-21(22)18-10-5-4-6-11-18/h4-15,17H,2-3,16H2,1H3. The van der Waals surface area contributed by atoms with Gasteiger partial charge in [0.2, 0.25) is 0 Å². The minimum absolute atomic E-state index is 0.394. The first-order valence-corrected chi connectivity index (χ1v) is 8.87. The molecular weight excluding hydrogens is 324 g/mol. The van der Waals surface area contributed by atoms with Crippen LogP contribution in [0.5, 0.6) is 11.5 Å². The lowest BCUT2D eigenvalue weighted by Crippen LogP contribution is -2.09. The Morgan fingerprint density at radius 2 is 1.65 bits per heavy atom. The van der Waals surface area contributed by atoms with Crippen LogP contribution in [-0.4, -0.2) is 12.6 Å². The summed E-state index contributed by atoms with van der Waals surface area (Å²) in [4.78, 5) is 12.6. The fraction of sp³-hybridized carbons (Fsp3) is 0.174. The average molecular weight is 346 g/mol. The predicted molar refractivity (Wildman–Crippen MR) is 104 cm³/mol. The van der Waals surface area contributed by atoms with Crippen LogP contribution >= 0.6 is 0 Å². The van der Waals surface area contributed by atoms with Crippen molar-refractivity contribution >= 4 is 5.97 Å². The van der Waals surface area contributed by atoms with Gasteiger partial charge in [0, 0.05) is 5.56 Å². The molecule has 26 heavy (non-hydrogen) atoms. The SMILES string of the molecule is CCCCOc1cccc(C(=O)Oc2ccccc2-c2ccccc2)c1. The molecule has 0 bridgehead atoms. The summed E-state index contributed by atoms with van der Waals surface area (Å²) < 4.78 is 11.3. The molecule has 0 atom stereocenters. The van der Waals surface area contributed by atoms with Gasteiger partial charge in [0.25, 0.3) is 0 Å². The number of carbonyl (C=O) groups excluding carboxylic acids is 1. The van der Waals surface area contributed by atoms with Gasteiger partial charge in [0.15, 0.2) is 0 Å². The van der Waals surface area contributed by atoms with Gasteiger partial charge in [-0.2, -0.15) is 0 Å². The number of para-hydroxylation sites is 1. The molecule has 3 rings (SSSR count). The van der Waals surface area contributed by atoms with Crippen molar-refractivity contribution in [1.29, 1.82) is 0 Å². The second kappa shape index (κ2) is 8.86. The topological polar surface area (TPSA) is 35.5 Å². The number of benzene rings is 3. The molecule has 0 unspecified atom stereocenters. The second-order valence-corrected chi connectivity index (χ2v) is 5.98. The highest BCUT2D eigenvalue weighted by Crippen LogP contribution is 2.30. The summed E-state index contributed by atoms with van der Waals surface area (Å²) in [5, 5.41) is 0. The molecule has 3 nitrogen and oxygen atoms in total. The van der Waals surface area contributed by atoms with E-state index in [-0.39, 0.29) is 0 Å². The van der Waals surface area contributed by atoms with E-state index in [2.05, 4.69) is 6.92 Å².